The molecule has 0 unspecified atom stereocenters. The molecule has 42 heavy (non-hydrogen) atoms. The Morgan fingerprint density at radius 1 is 0.881 bits per heavy atom. The number of halogens is 2. The van der Waals surface area contributed by atoms with Crippen LogP contribution < -0.4 is 5.32 Å². The van der Waals surface area contributed by atoms with E-state index < -0.39 is 21.7 Å². The fourth-order valence-corrected chi connectivity index (χ4v) is 6.83. The number of nitrogens with zero attached hydrogens (tertiary/aromatic N) is 3. The number of benzene rings is 3. The van der Waals surface area contributed by atoms with Crippen molar-refractivity contribution in [2.24, 2.45) is 0 Å². The van der Waals surface area contributed by atoms with E-state index in [2.05, 4.69) is 5.32 Å². The molecular weight excluding hydrogens is 562 g/mol. The summed E-state index contributed by atoms with van der Waals surface area (Å²) in [5.41, 5.74) is 2.00. The highest BCUT2D eigenvalue weighted by molar-refractivity contribution is 7.89. The van der Waals surface area contributed by atoms with Crippen LogP contribution >= 0.6 is 0 Å². The molecule has 11 heteroatoms. The Hall–Kier alpha value is -3.83. The number of anilines is 1. The zero-order chi connectivity index (χ0) is 29.9. The van der Waals surface area contributed by atoms with Crippen LogP contribution in [0.2, 0.25) is 0 Å². The predicted octanol–water partition coefficient (Wildman–Crippen LogP) is 5.15. The lowest BCUT2D eigenvalue weighted by Crippen LogP contribution is -2.52. The molecule has 3 aromatic rings. The van der Waals surface area contributed by atoms with Crippen LogP contribution in [-0.2, 0) is 21.4 Å². The molecule has 8 nitrogen and oxygen atoms in total. The van der Waals surface area contributed by atoms with Crippen molar-refractivity contribution < 1.29 is 26.8 Å². The maximum Gasteiger partial charge on any atom is 0.321 e. The normalized spacial score (nSPS) is 16.0. The van der Waals surface area contributed by atoms with Gasteiger partial charge < -0.3 is 15.1 Å². The predicted molar refractivity (Wildman–Crippen MR) is 155 cm³/mol. The van der Waals surface area contributed by atoms with Crippen molar-refractivity contribution in [3.8, 4) is 0 Å². The van der Waals surface area contributed by atoms with E-state index in [0.29, 0.717) is 44.5 Å². The lowest BCUT2D eigenvalue weighted by Gasteiger charge is -2.39. The maximum atomic E-state index is 13.9. The zero-order valence-electron chi connectivity index (χ0n) is 23.4. The number of aryl methyl sites for hydroxylation is 1. The van der Waals surface area contributed by atoms with Crippen molar-refractivity contribution in [3.63, 3.8) is 0 Å². The van der Waals surface area contributed by atoms with Crippen molar-refractivity contribution >= 4 is 27.6 Å². The van der Waals surface area contributed by atoms with Gasteiger partial charge in [0.15, 0.2) is 0 Å². The topological polar surface area (TPSA) is 90.0 Å². The van der Waals surface area contributed by atoms with E-state index in [1.807, 2.05) is 6.92 Å². The van der Waals surface area contributed by atoms with Gasteiger partial charge in [-0.1, -0.05) is 35.9 Å². The fourth-order valence-electron chi connectivity index (χ4n) is 5.20. The summed E-state index contributed by atoms with van der Waals surface area (Å²) >= 11 is 0. The Bertz CT molecular complexity index is 1520. The molecule has 0 bridgehead atoms. The van der Waals surface area contributed by atoms with Crippen molar-refractivity contribution in [2.75, 3.05) is 25.0 Å². The molecule has 1 heterocycles. The number of carbonyl (C=O) groups excluding carboxylic acids is 2. The van der Waals surface area contributed by atoms with Gasteiger partial charge in [0.2, 0.25) is 15.9 Å². The minimum absolute atomic E-state index is 0.149. The lowest BCUT2D eigenvalue weighted by molar-refractivity contribution is -0.135. The highest BCUT2D eigenvalue weighted by atomic mass is 32.2. The third-order valence-corrected chi connectivity index (χ3v) is 9.64. The van der Waals surface area contributed by atoms with Gasteiger partial charge >= 0.3 is 6.03 Å². The first-order valence-electron chi connectivity index (χ1n) is 14.0. The zero-order valence-corrected chi connectivity index (χ0v) is 24.2. The minimum Gasteiger partial charge on any atom is -0.334 e. The van der Waals surface area contributed by atoms with Crippen LogP contribution in [0.15, 0.2) is 77.7 Å². The van der Waals surface area contributed by atoms with Gasteiger partial charge in [-0.3, -0.25) is 4.79 Å². The molecule has 0 atom stereocenters. The standard InChI is InChI=1S/C31H34F2N4O4S/c1-22-5-13-29(14-6-22)42(40,41)37(28-11-12-28)21-30(38)36(20-23-7-9-24(32)10-8-23)27-15-17-35(18-16-27)31(39)34-26-4-2-3-25(33)19-26/h2-10,13-14,19,27-28H,11-12,15-18,20-21H2,1H3,(H,34,39). The number of hydrogen-bond acceptors (Lipinski definition) is 4. The number of sulfonamides is 1. The molecule has 1 N–H and O–H groups in total. The number of nitrogens with one attached hydrogen (secondary N) is 1. The Balaban J connectivity index is 1.31. The SMILES string of the molecule is Cc1ccc(S(=O)(=O)N(CC(=O)N(Cc2ccc(F)cc2)C2CCN(C(=O)Nc3cccc(F)c3)CC2)C2CC2)cc1. The summed E-state index contributed by atoms with van der Waals surface area (Å²) in [6, 6.07) is 17.3. The summed E-state index contributed by atoms with van der Waals surface area (Å²) < 4.78 is 55.6. The molecule has 1 saturated heterocycles. The number of piperidine rings is 1. The number of likely N-dealkylation sites (tertiary alicyclic amines) is 1. The van der Waals surface area contributed by atoms with Crippen LogP contribution in [0.1, 0.15) is 36.8 Å². The van der Waals surface area contributed by atoms with Gasteiger partial charge in [-0.2, -0.15) is 4.31 Å². The van der Waals surface area contributed by atoms with E-state index in [4.69, 9.17) is 0 Å². The molecule has 3 amide bonds. The monoisotopic (exact) mass is 596 g/mol. The lowest BCUT2D eigenvalue weighted by atomic mass is 10.0. The third kappa shape index (κ3) is 7.14. The fraction of sp³-hybridized carbons (Fsp3) is 0.355. The summed E-state index contributed by atoms with van der Waals surface area (Å²) in [5, 5.41) is 2.70. The first-order valence-corrected chi connectivity index (χ1v) is 15.5. The molecule has 1 aliphatic carbocycles. The smallest absolute Gasteiger partial charge is 0.321 e. The molecule has 2 fully saturated rings. The molecule has 222 valence electrons. The number of rotatable bonds is 9. The molecule has 2 aliphatic rings. The number of amides is 3. The summed E-state index contributed by atoms with van der Waals surface area (Å²) in [6.45, 7) is 2.47. The molecule has 0 spiro atoms. The molecular formula is C31H34F2N4O4S. The molecule has 1 aliphatic heterocycles. The Morgan fingerprint density at radius 2 is 1.55 bits per heavy atom. The second-order valence-corrected chi connectivity index (χ2v) is 12.8. The maximum absolute atomic E-state index is 13.9. The van der Waals surface area contributed by atoms with E-state index in [-0.39, 0.29) is 42.0 Å². The van der Waals surface area contributed by atoms with Crippen molar-refractivity contribution in [2.45, 2.75) is 56.1 Å². The Morgan fingerprint density at radius 3 is 2.17 bits per heavy atom. The summed E-state index contributed by atoms with van der Waals surface area (Å²) in [4.78, 5) is 30.1. The summed E-state index contributed by atoms with van der Waals surface area (Å²) in [5.74, 6) is -1.19. The van der Waals surface area contributed by atoms with E-state index in [9.17, 15) is 26.8 Å². The Labute approximate surface area is 245 Å². The van der Waals surface area contributed by atoms with Gasteiger partial charge in [-0.15, -0.1) is 0 Å². The number of hydrogen-bond donors (Lipinski definition) is 1. The van der Waals surface area contributed by atoms with Crippen molar-refractivity contribution in [1.29, 1.82) is 0 Å². The molecule has 5 rings (SSSR count). The van der Waals surface area contributed by atoms with Crippen LogP contribution in [-0.4, -0.2) is 66.2 Å². The van der Waals surface area contributed by atoms with Gasteiger partial charge in [-0.05, 0) is 80.6 Å². The van der Waals surface area contributed by atoms with Gasteiger partial charge in [0.25, 0.3) is 0 Å². The highest BCUT2D eigenvalue weighted by Gasteiger charge is 2.41. The molecule has 0 aromatic heterocycles. The minimum atomic E-state index is -3.90. The highest BCUT2D eigenvalue weighted by Crippen LogP contribution is 2.33. The quantitative estimate of drug-likeness (QED) is 0.370. The van der Waals surface area contributed by atoms with Gasteiger partial charge in [-0.25, -0.2) is 22.0 Å². The average molecular weight is 597 g/mol. The van der Waals surface area contributed by atoms with Crippen molar-refractivity contribution in [3.05, 3.63) is 95.6 Å². The van der Waals surface area contributed by atoms with E-state index in [1.165, 1.54) is 34.6 Å². The average Bonchev–Trinajstić information content (AvgIpc) is 3.81. The first kappa shape index (κ1) is 29.7. The second-order valence-electron chi connectivity index (χ2n) is 10.9. The van der Waals surface area contributed by atoms with E-state index in [0.717, 1.165) is 11.1 Å². The second kappa shape index (κ2) is 12.6. The van der Waals surface area contributed by atoms with Gasteiger partial charge in [0.1, 0.15) is 11.6 Å². The van der Waals surface area contributed by atoms with Crippen LogP contribution in [0.5, 0.6) is 0 Å². The number of urea groups is 1. The Kier molecular flexibility index (Phi) is 8.88. The van der Waals surface area contributed by atoms with Crippen LogP contribution in [0.25, 0.3) is 0 Å². The summed E-state index contributed by atoms with van der Waals surface area (Å²) in [6.07, 6.45) is 2.32. The van der Waals surface area contributed by atoms with E-state index in [1.54, 1.807) is 52.3 Å². The molecule has 3 aromatic carbocycles. The largest absolute Gasteiger partial charge is 0.334 e. The molecule has 0 radical (unpaired) electrons. The summed E-state index contributed by atoms with van der Waals surface area (Å²) in [7, 11) is -3.90. The van der Waals surface area contributed by atoms with Gasteiger partial charge in [0, 0.05) is 37.4 Å². The van der Waals surface area contributed by atoms with Gasteiger partial charge in [0.05, 0.1) is 11.4 Å². The first-order chi connectivity index (χ1) is 20.1. The van der Waals surface area contributed by atoms with Crippen LogP contribution in [0.3, 0.4) is 0 Å². The van der Waals surface area contributed by atoms with Crippen LogP contribution in [0.4, 0.5) is 19.3 Å². The van der Waals surface area contributed by atoms with Crippen LogP contribution in [0, 0.1) is 18.6 Å². The van der Waals surface area contributed by atoms with E-state index >= 15 is 0 Å². The number of carbonyl (C=O) groups is 2. The third-order valence-electron chi connectivity index (χ3n) is 7.73. The molecule has 1 saturated carbocycles. The van der Waals surface area contributed by atoms with Crippen molar-refractivity contribution in [1.82, 2.24) is 14.1 Å².